The van der Waals surface area contributed by atoms with Crippen LogP contribution in [0.3, 0.4) is 0 Å². The van der Waals surface area contributed by atoms with Crippen LogP contribution in [0.4, 0.5) is 0 Å². The Kier molecular flexibility index (Phi) is 4.62. The molecule has 1 aromatic rings. The molecule has 120 valence electrons. The van der Waals surface area contributed by atoms with E-state index in [1.807, 2.05) is 0 Å². The second kappa shape index (κ2) is 6.28. The van der Waals surface area contributed by atoms with E-state index in [2.05, 4.69) is 0 Å². The minimum absolute atomic E-state index is 0.195. The van der Waals surface area contributed by atoms with Crippen LogP contribution in [0.5, 0.6) is 5.75 Å². The van der Waals surface area contributed by atoms with Crippen molar-refractivity contribution in [3.05, 3.63) is 29.8 Å². The van der Waals surface area contributed by atoms with Crippen molar-refractivity contribution in [1.29, 1.82) is 0 Å². The van der Waals surface area contributed by atoms with Crippen LogP contribution in [0, 0.1) is 0 Å². The maximum atomic E-state index is 11.1. The summed E-state index contributed by atoms with van der Waals surface area (Å²) in [5, 5.41) is 48.8. The molecule has 2 rings (SSSR count). The Hall–Kier alpha value is -2.20. The molecule has 0 spiro atoms. The summed E-state index contributed by atoms with van der Waals surface area (Å²) in [7, 11) is 0. The van der Waals surface area contributed by atoms with E-state index in [-0.39, 0.29) is 11.3 Å². The van der Waals surface area contributed by atoms with Crippen LogP contribution in [-0.2, 0) is 9.53 Å². The molecule has 0 saturated carbocycles. The Morgan fingerprint density at radius 2 is 1.73 bits per heavy atom. The second-order valence-electron chi connectivity index (χ2n) is 4.64. The molecule has 22 heavy (non-hydrogen) atoms. The standard InChI is InChI=1S/C13H14O9/c14-7-8(15)10(12(19)20)22-13(9(7)16)21-6-4-2-1-3-5(6)11(17)18/h1-4,7-10,13-16H,(H,17,18)(H,19,20)/p-1/t7-,8-,9+,10-,13+/m0/s1. The van der Waals surface area contributed by atoms with Gasteiger partial charge in [0.1, 0.15) is 35.7 Å². The van der Waals surface area contributed by atoms with Gasteiger partial charge in [-0.25, -0.2) is 4.79 Å². The zero-order valence-electron chi connectivity index (χ0n) is 11.0. The highest BCUT2D eigenvalue weighted by Crippen LogP contribution is 2.26. The highest BCUT2D eigenvalue weighted by molar-refractivity contribution is 5.90. The predicted molar refractivity (Wildman–Crippen MR) is 65.7 cm³/mol. The van der Waals surface area contributed by atoms with E-state index >= 15 is 0 Å². The van der Waals surface area contributed by atoms with Crippen molar-refractivity contribution in [2.45, 2.75) is 30.7 Å². The normalized spacial score (nSPS) is 31.5. The van der Waals surface area contributed by atoms with Gasteiger partial charge < -0.3 is 39.8 Å². The number of hydrogen-bond acceptors (Lipinski definition) is 8. The summed E-state index contributed by atoms with van der Waals surface area (Å²) in [5.74, 6) is -3.31. The zero-order chi connectivity index (χ0) is 16.4. The monoisotopic (exact) mass is 313 g/mol. The lowest BCUT2D eigenvalue weighted by Crippen LogP contribution is -2.63. The molecule has 9 heteroatoms. The van der Waals surface area contributed by atoms with Crippen molar-refractivity contribution in [2.24, 2.45) is 0 Å². The molecule has 0 bridgehead atoms. The minimum Gasteiger partial charge on any atom is -0.547 e. The van der Waals surface area contributed by atoms with Crippen LogP contribution in [0.25, 0.3) is 0 Å². The molecule has 0 aliphatic carbocycles. The van der Waals surface area contributed by atoms with Crippen molar-refractivity contribution in [2.75, 3.05) is 0 Å². The Balaban J connectivity index is 2.25. The number of aromatic carboxylic acids is 1. The second-order valence-corrected chi connectivity index (χ2v) is 4.64. The number of carbonyl (C=O) groups is 2. The van der Waals surface area contributed by atoms with Crippen molar-refractivity contribution in [1.82, 2.24) is 0 Å². The van der Waals surface area contributed by atoms with Gasteiger partial charge in [0.05, 0.1) is 5.97 Å². The van der Waals surface area contributed by atoms with Gasteiger partial charge >= 0.3 is 5.97 Å². The number of ether oxygens (including phenoxy) is 2. The molecule has 4 N–H and O–H groups in total. The lowest BCUT2D eigenvalue weighted by Gasteiger charge is -2.40. The summed E-state index contributed by atoms with van der Waals surface area (Å²) in [6, 6.07) is 5.40. The van der Waals surface area contributed by atoms with Crippen molar-refractivity contribution >= 4 is 11.9 Å². The van der Waals surface area contributed by atoms with Crippen LogP contribution in [-0.4, -0.2) is 63.1 Å². The fourth-order valence-corrected chi connectivity index (χ4v) is 2.01. The first-order valence-electron chi connectivity index (χ1n) is 6.22. The van der Waals surface area contributed by atoms with Crippen molar-refractivity contribution in [3.8, 4) is 5.75 Å². The smallest absolute Gasteiger partial charge is 0.339 e. The molecule has 0 amide bonds. The Labute approximate surface area is 124 Å². The zero-order valence-corrected chi connectivity index (χ0v) is 11.0. The molecular formula is C13H13O9-. The predicted octanol–water partition coefficient (Wildman–Crippen LogP) is -2.68. The summed E-state index contributed by atoms with van der Waals surface area (Å²) in [5.41, 5.74) is -0.246. The average molecular weight is 313 g/mol. The number of carboxylic acid groups (broad SMARTS) is 2. The molecule has 5 atom stereocenters. The van der Waals surface area contributed by atoms with E-state index in [1.165, 1.54) is 24.3 Å². The van der Waals surface area contributed by atoms with Gasteiger partial charge in [-0.2, -0.15) is 0 Å². The SMILES string of the molecule is O=C(O)c1ccccc1O[C@@H]1O[C@H](C(=O)[O-])[C@@H](O)[C@H](O)[C@H]1O. The maximum absolute atomic E-state index is 11.1. The fourth-order valence-electron chi connectivity index (χ4n) is 2.01. The van der Waals surface area contributed by atoms with E-state index < -0.39 is 42.6 Å². The number of hydrogen-bond donors (Lipinski definition) is 4. The van der Waals surface area contributed by atoms with Gasteiger partial charge in [-0.15, -0.1) is 0 Å². The van der Waals surface area contributed by atoms with Crippen LogP contribution in [0.2, 0.25) is 0 Å². The number of benzene rings is 1. The van der Waals surface area contributed by atoms with Gasteiger partial charge in [0, 0.05) is 0 Å². The highest BCUT2D eigenvalue weighted by atomic mass is 16.7. The van der Waals surface area contributed by atoms with Gasteiger partial charge in [0.2, 0.25) is 6.29 Å². The molecule has 9 nitrogen and oxygen atoms in total. The van der Waals surface area contributed by atoms with Crippen LogP contribution in [0.15, 0.2) is 24.3 Å². The maximum Gasteiger partial charge on any atom is 0.339 e. The molecule has 1 fully saturated rings. The van der Waals surface area contributed by atoms with Crippen molar-refractivity contribution < 1.29 is 44.6 Å². The minimum atomic E-state index is -1.93. The van der Waals surface area contributed by atoms with Gasteiger partial charge in [-0.1, -0.05) is 12.1 Å². The number of aliphatic hydroxyl groups is 3. The summed E-state index contributed by atoms with van der Waals surface area (Å²) in [4.78, 5) is 21.9. The molecular weight excluding hydrogens is 300 g/mol. The van der Waals surface area contributed by atoms with Crippen LogP contribution >= 0.6 is 0 Å². The third kappa shape index (κ3) is 3.02. The first kappa shape index (κ1) is 16.2. The summed E-state index contributed by atoms with van der Waals surface area (Å²) < 4.78 is 9.99. The first-order chi connectivity index (χ1) is 10.3. The number of carboxylic acids is 2. The lowest BCUT2D eigenvalue weighted by atomic mass is 9.99. The molecule has 1 aliphatic rings. The highest BCUT2D eigenvalue weighted by Gasteiger charge is 2.45. The fraction of sp³-hybridized carbons (Fsp3) is 0.385. The number of rotatable bonds is 4. The number of carbonyl (C=O) groups excluding carboxylic acids is 1. The third-order valence-corrected chi connectivity index (χ3v) is 3.16. The average Bonchev–Trinajstić information content (AvgIpc) is 2.47. The Bertz CT molecular complexity index is 572. The van der Waals surface area contributed by atoms with Crippen LogP contribution in [0.1, 0.15) is 10.4 Å². The van der Waals surface area contributed by atoms with E-state index in [9.17, 15) is 30.0 Å². The molecule has 1 aromatic carbocycles. The number of aliphatic hydroxyl groups excluding tert-OH is 3. The summed E-state index contributed by atoms with van der Waals surface area (Å²) in [6.45, 7) is 0. The largest absolute Gasteiger partial charge is 0.547 e. The Morgan fingerprint density at radius 3 is 2.32 bits per heavy atom. The van der Waals surface area contributed by atoms with E-state index in [0.29, 0.717) is 0 Å². The van der Waals surface area contributed by atoms with Gasteiger partial charge in [-0.3, -0.25) is 0 Å². The van der Waals surface area contributed by atoms with E-state index in [0.717, 1.165) is 0 Å². The molecule has 0 aromatic heterocycles. The number of para-hydroxylation sites is 1. The molecule has 0 radical (unpaired) electrons. The first-order valence-corrected chi connectivity index (χ1v) is 6.22. The number of aliphatic carboxylic acids is 1. The summed E-state index contributed by atoms with van der Waals surface area (Å²) >= 11 is 0. The molecule has 1 heterocycles. The quantitative estimate of drug-likeness (QED) is 0.465. The van der Waals surface area contributed by atoms with Gasteiger partial charge in [0.15, 0.2) is 0 Å². The topological polar surface area (TPSA) is 157 Å². The third-order valence-electron chi connectivity index (χ3n) is 3.16. The van der Waals surface area contributed by atoms with Crippen molar-refractivity contribution in [3.63, 3.8) is 0 Å². The summed E-state index contributed by atoms with van der Waals surface area (Å²) in [6.07, 6.45) is -9.18. The van der Waals surface area contributed by atoms with E-state index in [1.54, 1.807) is 0 Å². The van der Waals surface area contributed by atoms with E-state index in [4.69, 9.17) is 14.6 Å². The van der Waals surface area contributed by atoms with Gasteiger partial charge in [0.25, 0.3) is 0 Å². The molecule has 0 unspecified atom stereocenters. The van der Waals surface area contributed by atoms with Gasteiger partial charge in [-0.05, 0) is 12.1 Å². The lowest BCUT2D eigenvalue weighted by molar-refractivity contribution is -0.342. The molecule has 1 saturated heterocycles. The molecule has 1 aliphatic heterocycles. The van der Waals surface area contributed by atoms with Crippen LogP contribution < -0.4 is 9.84 Å². The Morgan fingerprint density at radius 1 is 1.09 bits per heavy atom.